The number of hydrogen-bond donors (Lipinski definition) is 0. The monoisotopic (exact) mass is 353 g/mol. The van der Waals surface area contributed by atoms with Gasteiger partial charge >= 0.3 is 0 Å². The maximum atomic E-state index is 12.5. The Morgan fingerprint density at radius 3 is 2.77 bits per heavy atom. The third kappa shape index (κ3) is 2.67. The summed E-state index contributed by atoms with van der Waals surface area (Å²) in [6.07, 6.45) is 1.30. The van der Waals surface area contributed by atoms with Crippen molar-refractivity contribution in [2.75, 3.05) is 6.54 Å². The van der Waals surface area contributed by atoms with E-state index in [1.165, 1.54) is 11.3 Å². The van der Waals surface area contributed by atoms with Gasteiger partial charge in [0.15, 0.2) is 6.29 Å². The molecule has 0 aliphatic carbocycles. The minimum Gasteiger partial charge on any atom is -0.333 e. The van der Waals surface area contributed by atoms with Crippen molar-refractivity contribution in [3.63, 3.8) is 0 Å². The largest absolute Gasteiger partial charge is 0.333 e. The molecule has 3 nitrogen and oxygen atoms in total. The molecule has 0 saturated heterocycles. The summed E-state index contributed by atoms with van der Waals surface area (Å²) < 4.78 is 0. The van der Waals surface area contributed by atoms with Crippen molar-refractivity contribution in [3.8, 4) is 0 Å². The zero-order valence-corrected chi connectivity index (χ0v) is 14.2. The Bertz CT molecular complexity index is 770. The van der Waals surface area contributed by atoms with E-state index in [0.717, 1.165) is 20.9 Å². The SMILES string of the molecule is Cc1ccc(C(=O)N2CCc3c(cc(Cl)c(C=O)c3Cl)C2)s1. The first kappa shape index (κ1) is 15.5. The van der Waals surface area contributed by atoms with E-state index in [2.05, 4.69) is 0 Å². The molecule has 0 bridgehead atoms. The summed E-state index contributed by atoms with van der Waals surface area (Å²) in [5, 5.41) is 0.747. The molecule has 1 aliphatic rings. The van der Waals surface area contributed by atoms with Crippen LogP contribution in [0.4, 0.5) is 0 Å². The number of nitrogens with zero attached hydrogens (tertiary/aromatic N) is 1. The van der Waals surface area contributed by atoms with E-state index >= 15 is 0 Å². The van der Waals surface area contributed by atoms with Gasteiger partial charge in [0.05, 0.1) is 20.5 Å². The Morgan fingerprint density at radius 1 is 1.36 bits per heavy atom. The minimum atomic E-state index is 0.0236. The van der Waals surface area contributed by atoms with Crippen LogP contribution in [0.15, 0.2) is 18.2 Å². The highest BCUT2D eigenvalue weighted by atomic mass is 35.5. The number of benzene rings is 1. The fourth-order valence-corrected chi connectivity index (χ4v) is 4.17. The van der Waals surface area contributed by atoms with E-state index in [1.807, 2.05) is 19.1 Å². The van der Waals surface area contributed by atoms with Crippen molar-refractivity contribution in [1.29, 1.82) is 0 Å². The quantitative estimate of drug-likeness (QED) is 0.751. The molecule has 3 rings (SSSR count). The fraction of sp³-hybridized carbons (Fsp3) is 0.250. The molecule has 1 amide bonds. The van der Waals surface area contributed by atoms with Gasteiger partial charge in [-0.05, 0) is 42.7 Å². The summed E-state index contributed by atoms with van der Waals surface area (Å²) in [7, 11) is 0. The van der Waals surface area contributed by atoms with Gasteiger partial charge in [0.1, 0.15) is 0 Å². The molecule has 1 aromatic carbocycles. The number of hydrogen-bond acceptors (Lipinski definition) is 3. The van der Waals surface area contributed by atoms with E-state index in [9.17, 15) is 9.59 Å². The lowest BCUT2D eigenvalue weighted by atomic mass is 9.97. The van der Waals surface area contributed by atoms with Crippen molar-refractivity contribution in [1.82, 2.24) is 4.90 Å². The van der Waals surface area contributed by atoms with Crippen LogP contribution < -0.4 is 0 Å². The van der Waals surface area contributed by atoms with Crippen LogP contribution in [0, 0.1) is 6.92 Å². The first-order valence-corrected chi connectivity index (χ1v) is 8.39. The highest BCUT2D eigenvalue weighted by molar-refractivity contribution is 7.13. The van der Waals surface area contributed by atoms with Crippen LogP contribution >= 0.6 is 34.5 Å². The molecule has 0 unspecified atom stereocenters. The normalized spacial score (nSPS) is 13.9. The second-order valence-electron chi connectivity index (χ2n) is 5.23. The summed E-state index contributed by atoms with van der Waals surface area (Å²) in [5.41, 5.74) is 2.16. The summed E-state index contributed by atoms with van der Waals surface area (Å²) in [4.78, 5) is 27.2. The van der Waals surface area contributed by atoms with Crippen LogP contribution in [0.1, 0.15) is 36.0 Å². The maximum Gasteiger partial charge on any atom is 0.264 e. The molecule has 2 heterocycles. The van der Waals surface area contributed by atoms with Gasteiger partial charge < -0.3 is 4.90 Å². The molecule has 1 aromatic heterocycles. The van der Waals surface area contributed by atoms with Gasteiger partial charge in [0, 0.05) is 18.0 Å². The van der Waals surface area contributed by atoms with Crippen molar-refractivity contribution in [2.24, 2.45) is 0 Å². The number of amides is 1. The zero-order chi connectivity index (χ0) is 15.9. The first-order valence-electron chi connectivity index (χ1n) is 6.82. The molecular weight excluding hydrogens is 341 g/mol. The summed E-state index contributed by atoms with van der Waals surface area (Å²) in [6, 6.07) is 5.54. The van der Waals surface area contributed by atoms with Crippen molar-refractivity contribution in [2.45, 2.75) is 19.9 Å². The molecule has 2 aromatic rings. The van der Waals surface area contributed by atoms with Gasteiger partial charge in [-0.1, -0.05) is 23.2 Å². The van der Waals surface area contributed by atoms with E-state index in [-0.39, 0.29) is 5.91 Å². The Kier molecular flexibility index (Phi) is 4.26. The number of carbonyl (C=O) groups excluding carboxylic acids is 2. The standard InChI is InChI=1S/C16H13Cl2NO2S/c1-9-2-3-14(22-9)16(21)19-5-4-11-10(7-19)6-13(17)12(8-20)15(11)18/h2-3,6,8H,4-5,7H2,1H3. The highest BCUT2D eigenvalue weighted by Crippen LogP contribution is 2.34. The second-order valence-corrected chi connectivity index (χ2v) is 7.30. The second kappa shape index (κ2) is 6.03. The van der Waals surface area contributed by atoms with E-state index < -0.39 is 0 Å². The van der Waals surface area contributed by atoms with Crippen molar-refractivity contribution >= 4 is 46.7 Å². The molecular formula is C16H13Cl2NO2S. The number of rotatable bonds is 2. The summed E-state index contributed by atoms with van der Waals surface area (Å²) in [5.74, 6) is 0.0236. The number of thiophene rings is 1. The van der Waals surface area contributed by atoms with Gasteiger partial charge in [-0.25, -0.2) is 0 Å². The maximum absolute atomic E-state index is 12.5. The van der Waals surface area contributed by atoms with Gasteiger partial charge in [-0.2, -0.15) is 0 Å². The molecule has 0 spiro atoms. The number of fused-ring (bicyclic) bond motifs is 1. The van der Waals surface area contributed by atoms with Crippen molar-refractivity contribution < 1.29 is 9.59 Å². The Morgan fingerprint density at radius 2 is 2.14 bits per heavy atom. The van der Waals surface area contributed by atoms with Crippen LogP contribution in [0.3, 0.4) is 0 Å². The lowest BCUT2D eigenvalue weighted by Crippen LogP contribution is -2.35. The average Bonchev–Trinajstić information content (AvgIpc) is 2.93. The Balaban J connectivity index is 1.91. The Labute approximate surface area is 142 Å². The van der Waals surface area contributed by atoms with Gasteiger partial charge in [-0.15, -0.1) is 11.3 Å². The molecule has 0 saturated carbocycles. The summed E-state index contributed by atoms with van der Waals surface area (Å²) in [6.45, 7) is 3.03. The molecule has 1 aliphatic heterocycles. The molecule has 0 fully saturated rings. The van der Waals surface area contributed by atoms with E-state index in [0.29, 0.717) is 41.4 Å². The topological polar surface area (TPSA) is 37.4 Å². The molecule has 0 N–H and O–H groups in total. The Hall–Kier alpha value is -1.36. The summed E-state index contributed by atoms with van der Waals surface area (Å²) >= 11 is 13.9. The third-order valence-corrected chi connectivity index (χ3v) is 5.53. The molecule has 22 heavy (non-hydrogen) atoms. The number of aryl methyl sites for hydroxylation is 1. The smallest absolute Gasteiger partial charge is 0.264 e. The molecule has 0 radical (unpaired) electrons. The molecule has 114 valence electrons. The van der Waals surface area contributed by atoms with Crippen LogP contribution in [0.2, 0.25) is 10.0 Å². The third-order valence-electron chi connectivity index (χ3n) is 3.80. The lowest BCUT2D eigenvalue weighted by Gasteiger charge is -2.29. The van der Waals surface area contributed by atoms with Gasteiger partial charge in [0.25, 0.3) is 5.91 Å². The van der Waals surface area contributed by atoms with E-state index in [4.69, 9.17) is 23.2 Å². The number of aldehydes is 1. The highest BCUT2D eigenvalue weighted by Gasteiger charge is 2.26. The minimum absolute atomic E-state index is 0.0236. The molecule has 6 heteroatoms. The first-order chi connectivity index (χ1) is 10.5. The average molecular weight is 354 g/mol. The number of carbonyl (C=O) groups is 2. The van der Waals surface area contributed by atoms with Crippen LogP contribution in [-0.2, 0) is 13.0 Å². The number of halogens is 2. The van der Waals surface area contributed by atoms with E-state index in [1.54, 1.807) is 11.0 Å². The van der Waals surface area contributed by atoms with Crippen molar-refractivity contribution in [3.05, 3.63) is 54.7 Å². The lowest BCUT2D eigenvalue weighted by molar-refractivity contribution is 0.0739. The van der Waals surface area contributed by atoms with Crippen LogP contribution in [0.25, 0.3) is 0 Å². The van der Waals surface area contributed by atoms with Crippen LogP contribution in [0.5, 0.6) is 0 Å². The van der Waals surface area contributed by atoms with Gasteiger partial charge in [0.2, 0.25) is 0 Å². The molecule has 0 atom stereocenters. The zero-order valence-electron chi connectivity index (χ0n) is 11.9. The predicted molar refractivity (Wildman–Crippen MR) is 89.4 cm³/mol. The predicted octanol–water partition coefficient (Wildman–Crippen LogP) is 4.37. The fourth-order valence-electron chi connectivity index (χ4n) is 2.66. The van der Waals surface area contributed by atoms with Crippen LogP contribution in [-0.4, -0.2) is 23.6 Å². The van der Waals surface area contributed by atoms with Gasteiger partial charge in [-0.3, -0.25) is 9.59 Å².